The number of amides is 1. The van der Waals surface area contributed by atoms with E-state index >= 15 is 0 Å². The second kappa shape index (κ2) is 6.52. The number of sulfone groups is 1. The van der Waals surface area contributed by atoms with Crippen molar-refractivity contribution in [3.05, 3.63) is 40.3 Å². The van der Waals surface area contributed by atoms with Crippen LogP contribution in [0.1, 0.15) is 38.3 Å². The summed E-state index contributed by atoms with van der Waals surface area (Å²) < 4.78 is 23.8. The highest BCUT2D eigenvalue weighted by molar-refractivity contribution is 8.26. The molecule has 4 nitrogen and oxygen atoms in total. The molecule has 0 aliphatic carbocycles. The Bertz CT molecular complexity index is 849. The van der Waals surface area contributed by atoms with Gasteiger partial charge in [-0.2, -0.15) is 0 Å². The number of benzene rings is 1. The number of nitrogens with zero attached hydrogens (tertiary/aromatic N) is 1. The van der Waals surface area contributed by atoms with E-state index in [-0.39, 0.29) is 28.9 Å². The zero-order valence-corrected chi connectivity index (χ0v) is 16.9. The first-order chi connectivity index (χ1) is 11.6. The molecule has 1 amide bonds. The van der Waals surface area contributed by atoms with Gasteiger partial charge in [-0.3, -0.25) is 9.69 Å². The zero-order chi connectivity index (χ0) is 18.4. The van der Waals surface area contributed by atoms with Crippen molar-refractivity contribution in [2.24, 2.45) is 0 Å². The van der Waals surface area contributed by atoms with Crippen molar-refractivity contribution < 1.29 is 13.2 Å². The van der Waals surface area contributed by atoms with Crippen molar-refractivity contribution in [3.8, 4) is 0 Å². The van der Waals surface area contributed by atoms with Gasteiger partial charge in [0.05, 0.1) is 22.5 Å². The Labute approximate surface area is 158 Å². The maximum atomic E-state index is 12.7. The summed E-state index contributed by atoms with van der Waals surface area (Å²) in [5, 5.41) is 0. The number of hydrogen-bond acceptors (Lipinski definition) is 5. The highest BCUT2D eigenvalue weighted by Gasteiger charge is 2.42. The summed E-state index contributed by atoms with van der Waals surface area (Å²) in [7, 11) is -3.06. The molecular weight excluding hydrogens is 374 g/mol. The summed E-state index contributed by atoms with van der Waals surface area (Å²) in [5.74, 6) is -0.0494. The van der Waals surface area contributed by atoms with Crippen molar-refractivity contribution in [1.29, 1.82) is 0 Å². The monoisotopic (exact) mass is 395 g/mol. The molecule has 134 valence electrons. The normalized spacial score (nSPS) is 25.2. The number of hydrogen-bond donors (Lipinski definition) is 0. The Hall–Kier alpha value is -1.18. The van der Waals surface area contributed by atoms with Crippen LogP contribution in [0.4, 0.5) is 0 Å². The number of carbonyl (C=O) groups is 1. The smallest absolute Gasteiger partial charge is 0.266 e. The van der Waals surface area contributed by atoms with Crippen molar-refractivity contribution in [3.63, 3.8) is 0 Å². The maximum Gasteiger partial charge on any atom is 0.266 e. The molecule has 3 rings (SSSR count). The molecule has 2 heterocycles. The maximum absolute atomic E-state index is 12.7. The summed E-state index contributed by atoms with van der Waals surface area (Å²) in [6, 6.07) is 7.79. The average Bonchev–Trinajstić information content (AvgIpc) is 2.98. The molecule has 0 spiro atoms. The average molecular weight is 396 g/mol. The second-order valence-corrected chi connectivity index (χ2v) is 11.4. The van der Waals surface area contributed by atoms with Crippen molar-refractivity contribution in [2.45, 2.75) is 38.6 Å². The predicted molar refractivity (Wildman–Crippen MR) is 107 cm³/mol. The first-order valence-electron chi connectivity index (χ1n) is 8.15. The van der Waals surface area contributed by atoms with Gasteiger partial charge in [-0.25, -0.2) is 8.42 Å². The lowest BCUT2D eigenvalue weighted by molar-refractivity contribution is -0.123. The van der Waals surface area contributed by atoms with E-state index in [1.165, 1.54) is 22.2 Å². The molecule has 2 aliphatic heterocycles. The largest absolute Gasteiger partial charge is 0.289 e. The van der Waals surface area contributed by atoms with E-state index in [9.17, 15) is 13.2 Å². The van der Waals surface area contributed by atoms with Gasteiger partial charge in [0.1, 0.15) is 4.32 Å². The lowest BCUT2D eigenvalue weighted by Gasteiger charge is -2.21. The zero-order valence-electron chi connectivity index (χ0n) is 14.5. The van der Waals surface area contributed by atoms with E-state index in [4.69, 9.17) is 12.2 Å². The van der Waals surface area contributed by atoms with Gasteiger partial charge in [0, 0.05) is 0 Å². The van der Waals surface area contributed by atoms with E-state index < -0.39 is 9.84 Å². The molecule has 2 saturated heterocycles. The Kier molecular flexibility index (Phi) is 4.85. The summed E-state index contributed by atoms with van der Waals surface area (Å²) >= 11 is 6.57. The third kappa shape index (κ3) is 3.99. The number of thiocarbonyl (C=S) groups is 1. The SMILES string of the molecule is CC(C)(C)c1ccc(/C=C2\SC(=S)N(C3CCS(=O)(=O)C3)C2=O)cc1. The molecule has 0 saturated carbocycles. The van der Waals surface area contributed by atoms with Gasteiger partial charge in [-0.1, -0.05) is 69.0 Å². The fraction of sp³-hybridized carbons (Fsp3) is 0.444. The number of thioether (sulfide) groups is 1. The van der Waals surface area contributed by atoms with Gasteiger partial charge in [0.15, 0.2) is 9.84 Å². The van der Waals surface area contributed by atoms with Crippen LogP contribution in [-0.2, 0) is 20.0 Å². The molecule has 0 N–H and O–H groups in total. The predicted octanol–water partition coefficient (Wildman–Crippen LogP) is 3.37. The molecule has 1 aromatic carbocycles. The van der Waals surface area contributed by atoms with E-state index in [0.29, 0.717) is 15.6 Å². The van der Waals surface area contributed by atoms with Crippen molar-refractivity contribution in [2.75, 3.05) is 11.5 Å². The first-order valence-corrected chi connectivity index (χ1v) is 11.2. The van der Waals surface area contributed by atoms with Crippen molar-refractivity contribution >= 4 is 50.1 Å². The molecule has 7 heteroatoms. The minimum Gasteiger partial charge on any atom is -0.289 e. The molecule has 0 radical (unpaired) electrons. The molecule has 25 heavy (non-hydrogen) atoms. The van der Waals surface area contributed by atoms with Gasteiger partial charge >= 0.3 is 0 Å². The van der Waals surface area contributed by atoms with Gasteiger partial charge in [-0.05, 0) is 29.0 Å². The molecule has 1 aromatic rings. The molecule has 0 aromatic heterocycles. The lowest BCUT2D eigenvalue weighted by atomic mass is 9.87. The summed E-state index contributed by atoms with van der Waals surface area (Å²) in [5.41, 5.74) is 2.25. The highest BCUT2D eigenvalue weighted by Crippen LogP contribution is 2.36. The van der Waals surface area contributed by atoms with Crippen LogP contribution in [0, 0.1) is 0 Å². The minimum atomic E-state index is -3.06. The van der Waals surface area contributed by atoms with Crippen LogP contribution < -0.4 is 0 Å². The standard InChI is InChI=1S/C18H21NO3S3/c1-18(2,3)13-6-4-12(5-7-13)10-15-16(20)19(17(23)24-15)14-8-9-25(21,22)11-14/h4-7,10,14H,8-9,11H2,1-3H3/b15-10-. The minimum absolute atomic E-state index is 0.00694. The van der Waals surface area contributed by atoms with E-state index in [0.717, 1.165) is 5.56 Å². The number of rotatable bonds is 2. The van der Waals surface area contributed by atoms with Gasteiger partial charge in [-0.15, -0.1) is 0 Å². The lowest BCUT2D eigenvalue weighted by Crippen LogP contribution is -2.39. The van der Waals surface area contributed by atoms with Crippen LogP contribution >= 0.6 is 24.0 Å². The Morgan fingerprint density at radius 2 is 1.88 bits per heavy atom. The van der Waals surface area contributed by atoms with Gasteiger partial charge < -0.3 is 0 Å². The molecule has 1 unspecified atom stereocenters. The first kappa shape index (κ1) is 18.6. The molecule has 0 bridgehead atoms. The van der Waals surface area contributed by atoms with Crippen LogP contribution in [0.5, 0.6) is 0 Å². The van der Waals surface area contributed by atoms with E-state index in [2.05, 4.69) is 32.9 Å². The van der Waals surface area contributed by atoms with E-state index in [1.54, 1.807) is 0 Å². The highest BCUT2D eigenvalue weighted by atomic mass is 32.2. The third-order valence-corrected chi connectivity index (χ3v) is 7.55. The summed E-state index contributed by atoms with van der Waals surface area (Å²) in [6.45, 7) is 6.47. The Morgan fingerprint density at radius 1 is 1.24 bits per heavy atom. The van der Waals surface area contributed by atoms with E-state index in [1.807, 2.05) is 18.2 Å². The topological polar surface area (TPSA) is 54.5 Å². The van der Waals surface area contributed by atoms with Crippen molar-refractivity contribution in [1.82, 2.24) is 4.90 Å². The second-order valence-electron chi connectivity index (χ2n) is 7.48. The van der Waals surface area contributed by atoms with Gasteiger partial charge in [0.2, 0.25) is 0 Å². The molecule has 2 aliphatic rings. The molecule has 1 atom stereocenters. The van der Waals surface area contributed by atoms with Crippen LogP contribution in [0.3, 0.4) is 0 Å². The van der Waals surface area contributed by atoms with Crippen LogP contribution in [0.25, 0.3) is 6.08 Å². The Balaban J connectivity index is 1.81. The Morgan fingerprint density at radius 3 is 2.40 bits per heavy atom. The molecule has 2 fully saturated rings. The number of carbonyl (C=O) groups excluding carboxylic acids is 1. The van der Waals surface area contributed by atoms with Gasteiger partial charge in [0.25, 0.3) is 5.91 Å². The summed E-state index contributed by atoms with van der Waals surface area (Å²) in [4.78, 5) is 14.7. The summed E-state index contributed by atoms with van der Waals surface area (Å²) in [6.07, 6.45) is 2.29. The fourth-order valence-electron chi connectivity index (χ4n) is 3.00. The fourth-order valence-corrected chi connectivity index (χ4v) is 6.10. The van der Waals surface area contributed by atoms with Crippen LogP contribution in [0.15, 0.2) is 29.2 Å². The molecular formula is C18H21NO3S3. The van der Waals surface area contributed by atoms with Crippen LogP contribution in [0.2, 0.25) is 0 Å². The quantitative estimate of drug-likeness (QED) is 0.568. The third-order valence-electron chi connectivity index (χ3n) is 4.47. The van der Waals surface area contributed by atoms with Crippen LogP contribution in [-0.4, -0.2) is 41.1 Å².